The summed E-state index contributed by atoms with van der Waals surface area (Å²) in [6.45, 7) is 7.29. The second-order valence-corrected chi connectivity index (χ2v) is 11.0. The second-order valence-electron chi connectivity index (χ2n) is 7.19. The summed E-state index contributed by atoms with van der Waals surface area (Å²) < 4.78 is 33.5. The monoisotopic (exact) mass is 479 g/mol. The van der Waals surface area contributed by atoms with E-state index in [0.29, 0.717) is 37.6 Å². The van der Waals surface area contributed by atoms with Gasteiger partial charge in [-0.25, -0.2) is 13.4 Å². The molecule has 0 bridgehead atoms. The van der Waals surface area contributed by atoms with E-state index in [0.717, 1.165) is 3.70 Å². The highest BCUT2D eigenvalue weighted by Gasteiger charge is 2.34. The van der Waals surface area contributed by atoms with Crippen molar-refractivity contribution in [3.63, 3.8) is 0 Å². The van der Waals surface area contributed by atoms with E-state index in [1.807, 2.05) is 0 Å². The van der Waals surface area contributed by atoms with Crippen LogP contribution in [0.4, 0.5) is 0 Å². The molecule has 0 aromatic carbocycles. The fourth-order valence-corrected chi connectivity index (χ4v) is 4.42. The third kappa shape index (κ3) is 3.64. The summed E-state index contributed by atoms with van der Waals surface area (Å²) >= 11 is 2.12. The molecule has 1 aliphatic heterocycles. The molecule has 0 amide bonds. The standard InChI is InChI=1S/C16H22IN3O4S/c1-16(2,3)25(22,23)13-10-20-14(17)7-18-15(20)6-12(13)24-5-4-19-8-11(21)9-19/h6-7,10-11,21H,4-5,8-9H2,1-3H3. The molecule has 2 aromatic rings. The molecule has 0 radical (unpaired) electrons. The molecule has 3 rings (SSSR count). The van der Waals surface area contributed by atoms with Crippen molar-refractivity contribution in [1.82, 2.24) is 14.3 Å². The quantitative estimate of drug-likeness (QED) is 0.656. The number of pyridine rings is 1. The van der Waals surface area contributed by atoms with Crippen LogP contribution < -0.4 is 4.74 Å². The number of sulfone groups is 1. The minimum Gasteiger partial charge on any atom is -0.491 e. The van der Waals surface area contributed by atoms with E-state index in [1.54, 1.807) is 43.6 Å². The molecule has 9 heteroatoms. The van der Waals surface area contributed by atoms with Gasteiger partial charge in [0.1, 0.15) is 26.6 Å². The van der Waals surface area contributed by atoms with Crippen molar-refractivity contribution in [2.75, 3.05) is 26.2 Å². The Bertz CT molecular complexity index is 883. The first-order valence-corrected chi connectivity index (χ1v) is 10.6. The summed E-state index contributed by atoms with van der Waals surface area (Å²) in [5.41, 5.74) is 0.645. The van der Waals surface area contributed by atoms with Gasteiger partial charge in [-0.3, -0.25) is 9.30 Å². The Morgan fingerprint density at radius 2 is 2.08 bits per heavy atom. The zero-order chi connectivity index (χ0) is 18.4. The van der Waals surface area contributed by atoms with E-state index < -0.39 is 14.6 Å². The summed E-state index contributed by atoms with van der Waals surface area (Å²) in [5, 5.41) is 9.32. The normalized spacial score (nSPS) is 17.0. The zero-order valence-electron chi connectivity index (χ0n) is 14.4. The van der Waals surface area contributed by atoms with Gasteiger partial charge in [0.15, 0.2) is 9.84 Å². The van der Waals surface area contributed by atoms with E-state index in [4.69, 9.17) is 4.74 Å². The van der Waals surface area contributed by atoms with Crippen LogP contribution in [0.1, 0.15) is 20.8 Å². The number of β-amino-alcohol motifs (C(OH)–C–C–N with tert-alkyl or cyclic N) is 1. The predicted molar refractivity (Wildman–Crippen MR) is 103 cm³/mol. The number of hydrogen-bond donors (Lipinski definition) is 1. The van der Waals surface area contributed by atoms with Gasteiger partial charge in [-0.15, -0.1) is 0 Å². The van der Waals surface area contributed by atoms with E-state index >= 15 is 0 Å². The fraction of sp³-hybridized carbons (Fsp3) is 0.562. The number of imidazole rings is 1. The third-order valence-corrected chi connectivity index (χ3v) is 7.52. The Labute approximate surface area is 161 Å². The summed E-state index contributed by atoms with van der Waals surface area (Å²) in [6, 6.07) is 1.67. The minimum absolute atomic E-state index is 0.173. The number of likely N-dealkylation sites (tertiary alicyclic amines) is 1. The summed E-state index contributed by atoms with van der Waals surface area (Å²) in [7, 11) is -3.57. The Morgan fingerprint density at radius 1 is 1.40 bits per heavy atom. The highest BCUT2D eigenvalue weighted by molar-refractivity contribution is 14.1. The molecule has 25 heavy (non-hydrogen) atoms. The molecule has 0 unspecified atom stereocenters. The molecule has 0 saturated carbocycles. The lowest BCUT2D eigenvalue weighted by Gasteiger charge is -2.35. The molecule has 1 aliphatic rings. The summed E-state index contributed by atoms with van der Waals surface area (Å²) in [5.74, 6) is 0.325. The second kappa shape index (κ2) is 6.67. The predicted octanol–water partition coefficient (Wildman–Crippen LogP) is 1.57. The average molecular weight is 479 g/mol. The number of halogens is 1. The lowest BCUT2D eigenvalue weighted by Crippen LogP contribution is -2.51. The van der Waals surface area contributed by atoms with Crippen LogP contribution in [0.2, 0.25) is 0 Å². The highest BCUT2D eigenvalue weighted by Crippen LogP contribution is 2.33. The van der Waals surface area contributed by atoms with Gasteiger partial charge >= 0.3 is 0 Å². The Hall–Kier alpha value is -0.910. The number of rotatable bonds is 5. The van der Waals surface area contributed by atoms with Crippen molar-refractivity contribution in [3.8, 4) is 5.75 Å². The fourth-order valence-electron chi connectivity index (χ4n) is 2.61. The van der Waals surface area contributed by atoms with Crippen molar-refractivity contribution in [2.45, 2.75) is 36.5 Å². The van der Waals surface area contributed by atoms with Gasteiger partial charge in [0.25, 0.3) is 0 Å². The van der Waals surface area contributed by atoms with Crippen LogP contribution in [0.25, 0.3) is 5.65 Å². The van der Waals surface area contributed by atoms with E-state index in [9.17, 15) is 13.5 Å². The number of aliphatic hydroxyl groups is 1. The maximum Gasteiger partial charge on any atom is 0.188 e. The number of fused-ring (bicyclic) bond motifs is 1. The van der Waals surface area contributed by atoms with Crippen LogP contribution in [-0.2, 0) is 9.84 Å². The Morgan fingerprint density at radius 3 is 2.68 bits per heavy atom. The molecule has 7 nitrogen and oxygen atoms in total. The first-order valence-electron chi connectivity index (χ1n) is 8.04. The van der Waals surface area contributed by atoms with Crippen molar-refractivity contribution in [1.29, 1.82) is 0 Å². The maximum atomic E-state index is 13.0. The van der Waals surface area contributed by atoms with Gasteiger partial charge in [-0.1, -0.05) is 0 Å². The van der Waals surface area contributed by atoms with Crippen molar-refractivity contribution < 1.29 is 18.3 Å². The molecule has 0 atom stereocenters. The van der Waals surface area contributed by atoms with Crippen LogP contribution in [0.15, 0.2) is 23.4 Å². The van der Waals surface area contributed by atoms with Gasteiger partial charge in [0, 0.05) is 31.9 Å². The van der Waals surface area contributed by atoms with Crippen LogP contribution in [0, 0.1) is 3.70 Å². The van der Waals surface area contributed by atoms with Crippen molar-refractivity contribution in [3.05, 3.63) is 22.2 Å². The molecule has 1 fully saturated rings. The van der Waals surface area contributed by atoms with Crippen LogP contribution in [0.5, 0.6) is 5.75 Å². The Balaban J connectivity index is 1.93. The third-order valence-electron chi connectivity index (χ3n) is 4.23. The van der Waals surface area contributed by atoms with Crippen molar-refractivity contribution in [2.24, 2.45) is 0 Å². The van der Waals surface area contributed by atoms with Crippen LogP contribution in [0.3, 0.4) is 0 Å². The molecular formula is C16H22IN3O4S. The SMILES string of the molecule is CC(C)(C)S(=O)(=O)c1cn2c(I)cnc2cc1OCCN1CC(O)C1. The summed E-state index contributed by atoms with van der Waals surface area (Å²) in [4.78, 5) is 6.51. The van der Waals surface area contributed by atoms with Crippen molar-refractivity contribution >= 4 is 38.1 Å². The molecule has 0 aliphatic carbocycles. The molecule has 1 N–H and O–H groups in total. The van der Waals surface area contributed by atoms with Gasteiger partial charge in [-0.05, 0) is 43.4 Å². The number of aliphatic hydroxyl groups excluding tert-OH is 1. The van der Waals surface area contributed by atoms with Crippen LogP contribution >= 0.6 is 22.6 Å². The molecular weight excluding hydrogens is 457 g/mol. The zero-order valence-corrected chi connectivity index (χ0v) is 17.4. The van der Waals surface area contributed by atoms with Gasteiger partial charge in [0.2, 0.25) is 0 Å². The lowest BCUT2D eigenvalue weighted by atomic mass is 10.2. The first-order chi connectivity index (χ1) is 11.6. The molecule has 0 spiro atoms. The summed E-state index contributed by atoms with van der Waals surface area (Å²) in [6.07, 6.45) is 3.02. The number of ether oxygens (including phenoxy) is 1. The molecule has 3 heterocycles. The lowest BCUT2D eigenvalue weighted by molar-refractivity contribution is -0.00403. The highest BCUT2D eigenvalue weighted by atomic mass is 127. The van der Waals surface area contributed by atoms with Gasteiger partial charge < -0.3 is 9.84 Å². The largest absolute Gasteiger partial charge is 0.491 e. The van der Waals surface area contributed by atoms with E-state index in [-0.39, 0.29) is 11.0 Å². The molecule has 1 saturated heterocycles. The average Bonchev–Trinajstić information content (AvgIpc) is 2.84. The van der Waals surface area contributed by atoms with Gasteiger partial charge in [0.05, 0.1) is 17.0 Å². The van der Waals surface area contributed by atoms with E-state index in [2.05, 4.69) is 32.5 Å². The topological polar surface area (TPSA) is 84.1 Å². The smallest absolute Gasteiger partial charge is 0.188 e. The maximum absolute atomic E-state index is 13.0. The van der Waals surface area contributed by atoms with Crippen LogP contribution in [-0.4, -0.2) is 64.9 Å². The van der Waals surface area contributed by atoms with E-state index in [1.165, 1.54) is 0 Å². The number of aromatic nitrogens is 2. The minimum atomic E-state index is -3.57. The first kappa shape index (κ1) is 18.9. The molecule has 138 valence electrons. The van der Waals surface area contributed by atoms with Gasteiger partial charge in [-0.2, -0.15) is 0 Å². The molecule has 2 aromatic heterocycles. The Kier molecular flexibility index (Phi) is 5.04. The number of nitrogens with zero attached hydrogens (tertiary/aromatic N) is 3. The number of hydrogen-bond acceptors (Lipinski definition) is 6.